The summed E-state index contributed by atoms with van der Waals surface area (Å²) in [7, 11) is 3.46. The van der Waals surface area contributed by atoms with E-state index in [9.17, 15) is 19.2 Å². The first kappa shape index (κ1) is 18.2. The zero-order valence-electron chi connectivity index (χ0n) is 14.6. The monoisotopic (exact) mass is 339 g/mol. The number of nitrogens with zero attached hydrogens (tertiary/aromatic N) is 3. The van der Waals surface area contributed by atoms with Crippen molar-refractivity contribution in [1.29, 1.82) is 0 Å². The van der Waals surface area contributed by atoms with Gasteiger partial charge in [0.1, 0.15) is 12.1 Å². The van der Waals surface area contributed by atoms with E-state index >= 15 is 0 Å². The molecule has 2 saturated heterocycles. The third-order valence-corrected chi connectivity index (χ3v) is 4.43. The molecule has 2 N–H and O–H groups in total. The number of carbonyl (C=O) groups is 4. The van der Waals surface area contributed by atoms with Crippen molar-refractivity contribution in [3.8, 4) is 0 Å². The van der Waals surface area contributed by atoms with Crippen LogP contribution >= 0.6 is 0 Å². The maximum absolute atomic E-state index is 12.6. The SMILES string of the molecule is CNC(=O)[C@@H]1CN(C)CCN(C(=O)CN2C(=O)NC(C)(C)C2=O)C1. The summed E-state index contributed by atoms with van der Waals surface area (Å²) in [6.07, 6.45) is 0. The highest BCUT2D eigenvalue weighted by atomic mass is 16.2. The van der Waals surface area contributed by atoms with Crippen LogP contribution in [0.25, 0.3) is 0 Å². The number of hydrogen-bond donors (Lipinski definition) is 2. The van der Waals surface area contributed by atoms with Gasteiger partial charge in [-0.05, 0) is 20.9 Å². The van der Waals surface area contributed by atoms with Gasteiger partial charge < -0.3 is 20.4 Å². The lowest BCUT2D eigenvalue weighted by atomic mass is 10.1. The molecule has 0 aromatic heterocycles. The smallest absolute Gasteiger partial charge is 0.325 e. The van der Waals surface area contributed by atoms with Crippen molar-refractivity contribution in [2.24, 2.45) is 5.92 Å². The molecular weight excluding hydrogens is 314 g/mol. The molecule has 0 aromatic rings. The van der Waals surface area contributed by atoms with Crippen LogP contribution < -0.4 is 10.6 Å². The highest BCUT2D eigenvalue weighted by Crippen LogP contribution is 2.17. The number of hydrogen-bond acceptors (Lipinski definition) is 5. The highest BCUT2D eigenvalue weighted by Gasteiger charge is 2.45. The lowest BCUT2D eigenvalue weighted by Crippen LogP contribution is -2.47. The summed E-state index contributed by atoms with van der Waals surface area (Å²) in [4.78, 5) is 53.1. The Morgan fingerprint density at radius 2 is 1.92 bits per heavy atom. The van der Waals surface area contributed by atoms with E-state index in [1.807, 2.05) is 11.9 Å². The van der Waals surface area contributed by atoms with Gasteiger partial charge in [-0.2, -0.15) is 0 Å². The Balaban J connectivity index is 2.07. The Morgan fingerprint density at radius 3 is 2.46 bits per heavy atom. The molecule has 1 atom stereocenters. The van der Waals surface area contributed by atoms with Crippen LogP contribution in [-0.2, 0) is 14.4 Å². The Bertz CT molecular complexity index is 562. The number of likely N-dealkylation sites (N-methyl/N-ethyl adjacent to an activating group) is 1. The maximum Gasteiger partial charge on any atom is 0.325 e. The van der Waals surface area contributed by atoms with Gasteiger partial charge in [0.2, 0.25) is 11.8 Å². The van der Waals surface area contributed by atoms with Crippen molar-refractivity contribution in [2.75, 3.05) is 46.8 Å². The molecule has 0 unspecified atom stereocenters. The minimum Gasteiger partial charge on any atom is -0.359 e. The molecule has 0 saturated carbocycles. The van der Waals surface area contributed by atoms with Crippen LogP contribution in [0, 0.1) is 5.92 Å². The lowest BCUT2D eigenvalue weighted by molar-refractivity contribution is -0.139. The standard InChI is InChI=1S/C15H25N5O4/c1-15(2)13(23)20(14(24)17-15)9-11(21)19-6-5-18(4)7-10(8-19)12(22)16-3/h10H,5-9H2,1-4H3,(H,16,22)(H,17,24)/t10-/m1/s1. The molecule has 0 radical (unpaired) electrons. The van der Waals surface area contributed by atoms with E-state index in [1.165, 1.54) is 0 Å². The van der Waals surface area contributed by atoms with Crippen molar-refractivity contribution in [3.63, 3.8) is 0 Å². The lowest BCUT2D eigenvalue weighted by Gasteiger charge is -2.25. The van der Waals surface area contributed by atoms with Crippen LogP contribution in [0.2, 0.25) is 0 Å². The molecule has 0 bridgehead atoms. The first-order chi connectivity index (χ1) is 11.2. The van der Waals surface area contributed by atoms with Crippen LogP contribution in [-0.4, -0.2) is 90.8 Å². The van der Waals surface area contributed by atoms with Crippen molar-refractivity contribution in [1.82, 2.24) is 25.3 Å². The predicted molar refractivity (Wildman–Crippen MR) is 86.0 cm³/mol. The number of nitrogens with one attached hydrogen (secondary N) is 2. The van der Waals surface area contributed by atoms with Gasteiger partial charge in [-0.25, -0.2) is 4.79 Å². The molecule has 9 heteroatoms. The van der Waals surface area contributed by atoms with Crippen LogP contribution in [0.5, 0.6) is 0 Å². The third-order valence-electron chi connectivity index (χ3n) is 4.43. The number of carbonyl (C=O) groups excluding carboxylic acids is 4. The first-order valence-electron chi connectivity index (χ1n) is 7.97. The fourth-order valence-corrected chi connectivity index (χ4v) is 2.97. The van der Waals surface area contributed by atoms with Crippen LogP contribution in [0.3, 0.4) is 0 Å². The minimum absolute atomic E-state index is 0.127. The quantitative estimate of drug-likeness (QED) is 0.606. The van der Waals surface area contributed by atoms with Crippen molar-refractivity contribution in [3.05, 3.63) is 0 Å². The van der Waals surface area contributed by atoms with E-state index < -0.39 is 17.5 Å². The molecule has 2 aliphatic rings. The van der Waals surface area contributed by atoms with Gasteiger partial charge in [0.25, 0.3) is 5.91 Å². The summed E-state index contributed by atoms with van der Waals surface area (Å²) in [6.45, 7) is 4.80. The molecule has 24 heavy (non-hydrogen) atoms. The Labute approximate surface area is 141 Å². The summed E-state index contributed by atoms with van der Waals surface area (Å²) in [5.41, 5.74) is -0.999. The van der Waals surface area contributed by atoms with Crippen molar-refractivity contribution in [2.45, 2.75) is 19.4 Å². The second-order valence-electron chi connectivity index (χ2n) is 6.86. The molecule has 5 amide bonds. The van der Waals surface area contributed by atoms with E-state index in [2.05, 4.69) is 10.6 Å². The van der Waals surface area contributed by atoms with Crippen molar-refractivity contribution < 1.29 is 19.2 Å². The number of amides is 5. The van der Waals surface area contributed by atoms with Gasteiger partial charge in [-0.1, -0.05) is 0 Å². The number of urea groups is 1. The average Bonchev–Trinajstić information content (AvgIpc) is 2.68. The van der Waals surface area contributed by atoms with Crippen LogP contribution in [0.15, 0.2) is 0 Å². The average molecular weight is 339 g/mol. The van der Waals surface area contributed by atoms with E-state index in [1.54, 1.807) is 25.8 Å². The molecule has 0 aromatic carbocycles. The molecular formula is C15H25N5O4. The second kappa shape index (κ2) is 6.76. The molecule has 2 rings (SSSR count). The largest absolute Gasteiger partial charge is 0.359 e. The number of rotatable bonds is 3. The highest BCUT2D eigenvalue weighted by molar-refractivity contribution is 6.08. The maximum atomic E-state index is 12.6. The minimum atomic E-state index is -0.999. The summed E-state index contributed by atoms with van der Waals surface area (Å²) >= 11 is 0. The molecule has 2 heterocycles. The summed E-state index contributed by atoms with van der Waals surface area (Å²) in [5, 5.41) is 5.16. The van der Waals surface area contributed by atoms with E-state index in [-0.39, 0.29) is 30.8 Å². The Hall–Kier alpha value is -2.16. The summed E-state index contributed by atoms with van der Waals surface area (Å²) < 4.78 is 0. The van der Waals surface area contributed by atoms with Gasteiger partial charge in [-0.15, -0.1) is 0 Å². The van der Waals surface area contributed by atoms with Crippen molar-refractivity contribution >= 4 is 23.8 Å². The zero-order chi connectivity index (χ0) is 18.1. The van der Waals surface area contributed by atoms with Gasteiger partial charge in [0, 0.05) is 33.2 Å². The van der Waals surface area contributed by atoms with E-state index in [0.29, 0.717) is 19.6 Å². The third kappa shape index (κ3) is 3.66. The zero-order valence-corrected chi connectivity index (χ0v) is 14.6. The molecule has 2 fully saturated rings. The molecule has 0 spiro atoms. The van der Waals surface area contributed by atoms with Gasteiger partial charge in [-0.3, -0.25) is 19.3 Å². The van der Waals surface area contributed by atoms with Crippen LogP contribution in [0.1, 0.15) is 13.8 Å². The van der Waals surface area contributed by atoms with Gasteiger partial charge >= 0.3 is 6.03 Å². The molecule has 134 valence electrons. The predicted octanol–water partition coefficient (Wildman–Crippen LogP) is -1.55. The molecule has 2 aliphatic heterocycles. The summed E-state index contributed by atoms with van der Waals surface area (Å²) in [6, 6.07) is -0.562. The van der Waals surface area contributed by atoms with Gasteiger partial charge in [0.05, 0.1) is 5.92 Å². The molecule has 9 nitrogen and oxygen atoms in total. The number of imide groups is 1. The van der Waals surface area contributed by atoms with E-state index in [4.69, 9.17) is 0 Å². The normalized spacial score (nSPS) is 24.6. The fraction of sp³-hybridized carbons (Fsp3) is 0.733. The van der Waals surface area contributed by atoms with Crippen LogP contribution in [0.4, 0.5) is 4.79 Å². The second-order valence-corrected chi connectivity index (χ2v) is 6.86. The molecule has 0 aliphatic carbocycles. The fourth-order valence-electron chi connectivity index (χ4n) is 2.97. The summed E-state index contributed by atoms with van der Waals surface area (Å²) in [5.74, 6) is -1.22. The first-order valence-corrected chi connectivity index (χ1v) is 7.97. The van der Waals surface area contributed by atoms with E-state index in [0.717, 1.165) is 4.90 Å². The Kier molecular flexibility index (Phi) is 5.12. The topological polar surface area (TPSA) is 102 Å². The Morgan fingerprint density at radius 1 is 1.25 bits per heavy atom. The van der Waals surface area contributed by atoms with Gasteiger partial charge in [0.15, 0.2) is 0 Å².